The van der Waals surface area contributed by atoms with Crippen LogP contribution in [0.1, 0.15) is 0 Å². The zero-order valence-electron chi connectivity index (χ0n) is 2.75. The maximum absolute atomic E-state index is 8.59. The van der Waals surface area contributed by atoms with Crippen LogP contribution < -0.4 is 8.32 Å². The molecule has 4 nitrogen and oxygen atoms in total. The van der Waals surface area contributed by atoms with Gasteiger partial charge in [0.2, 0.25) is 0 Å². The molecule has 0 fully saturated rings. The summed E-state index contributed by atoms with van der Waals surface area (Å²) in [7, 11) is 0. The van der Waals surface area contributed by atoms with E-state index in [4.69, 9.17) is 15.9 Å². The molecular weight excluding hydrogens is 148 g/mol. The van der Waals surface area contributed by atoms with Crippen LogP contribution in [0.4, 0.5) is 0 Å². The molecule has 0 N–H and O–H groups in total. The van der Waals surface area contributed by atoms with Gasteiger partial charge >= 0.3 is 29.5 Å². The monoisotopic (exact) mass is 152 g/mol. The first-order chi connectivity index (χ1) is 2.00. The maximum Gasteiger partial charge on any atom is -0.210 e. The van der Waals surface area contributed by atoms with E-state index in [1.165, 1.54) is 0 Å². The third-order valence-electron chi connectivity index (χ3n) is 0. The van der Waals surface area contributed by atoms with Crippen molar-refractivity contribution >= 4 is 13.5 Å². The van der Waals surface area contributed by atoms with Crippen LogP contribution in [0.2, 0.25) is 0 Å². The second-order valence-corrected chi connectivity index (χ2v) is 1.68. The minimum atomic E-state index is -5.75. The van der Waals surface area contributed by atoms with Gasteiger partial charge in [-0.15, -0.1) is 0 Å². The van der Waals surface area contributed by atoms with Crippen molar-refractivity contribution in [1.29, 1.82) is 0 Å². The van der Waals surface area contributed by atoms with Gasteiger partial charge in [-0.25, -0.2) is 13.5 Å². The van der Waals surface area contributed by atoms with Crippen LogP contribution in [-0.4, -0.2) is 0 Å². The van der Waals surface area contributed by atoms with Gasteiger partial charge < -0.3 is 0 Å². The molecule has 0 bridgehead atoms. The average molecular weight is 152 g/mol. The second kappa shape index (κ2) is 2.55. The fourth-order valence-electron chi connectivity index (χ4n) is 0. The SMILES string of the molecule is [O]=[Cr](=[O])([O-])[O-].[SH4+2]. The Morgan fingerprint density at radius 3 is 1.17 bits per heavy atom. The minimum Gasteiger partial charge on any atom is -0.210 e. The third-order valence-corrected chi connectivity index (χ3v) is 0. The van der Waals surface area contributed by atoms with E-state index in [0.29, 0.717) is 0 Å². The molecule has 0 unspecified atom stereocenters. The molecule has 0 aliphatic heterocycles. The first-order valence-electron chi connectivity index (χ1n) is 0.667. The minimum absolute atomic E-state index is 0. The predicted molar refractivity (Wildman–Crippen MR) is 14.3 cm³/mol. The molecule has 6 heavy (non-hydrogen) atoms. The summed E-state index contributed by atoms with van der Waals surface area (Å²) in [6.45, 7) is 0. The summed E-state index contributed by atoms with van der Waals surface area (Å²) in [5.74, 6) is 0. The van der Waals surface area contributed by atoms with Gasteiger partial charge in [-0.2, -0.15) is 0 Å². The van der Waals surface area contributed by atoms with Crippen LogP contribution in [0, 0.1) is 0 Å². The molecule has 0 saturated carbocycles. The molecule has 0 aromatic heterocycles. The van der Waals surface area contributed by atoms with Gasteiger partial charge in [0.05, 0.1) is 0 Å². The van der Waals surface area contributed by atoms with E-state index in [1.54, 1.807) is 0 Å². The summed E-state index contributed by atoms with van der Waals surface area (Å²) in [5, 5.41) is 0. The molecule has 0 atom stereocenters. The van der Waals surface area contributed by atoms with E-state index in [9.17, 15) is 0 Å². The number of hydrogen-bond acceptors (Lipinski definition) is 4. The molecule has 0 aromatic carbocycles. The molecule has 0 aliphatic carbocycles. The molecule has 0 spiro atoms. The first-order valence-corrected chi connectivity index (χ1v) is 2.75. The fraction of sp³-hybridized carbons (Fsp3) is 0. The Labute approximate surface area is 43.6 Å². The second-order valence-electron chi connectivity index (χ2n) is 0.408. The molecule has 40 valence electrons. The molecule has 0 amide bonds. The summed E-state index contributed by atoms with van der Waals surface area (Å²) in [6.07, 6.45) is 0. The maximum atomic E-state index is 8.59. The normalized spacial score (nSPS) is 9.67. The molecule has 6 heteroatoms. The standard InChI is InChI=1S/Cr.4O.H4S/h;;;;;1H4/q;;;2*-1;+2. The van der Waals surface area contributed by atoms with Crippen molar-refractivity contribution in [2.45, 2.75) is 0 Å². The van der Waals surface area contributed by atoms with Crippen LogP contribution in [0.15, 0.2) is 0 Å². The van der Waals surface area contributed by atoms with Crippen molar-refractivity contribution in [2.75, 3.05) is 0 Å². The van der Waals surface area contributed by atoms with Gasteiger partial charge in [0.1, 0.15) is 0 Å². The summed E-state index contributed by atoms with van der Waals surface area (Å²) in [4.78, 5) is 0. The van der Waals surface area contributed by atoms with E-state index in [0.717, 1.165) is 0 Å². The topological polar surface area (TPSA) is 80.3 Å². The molecule has 0 aliphatic rings. The van der Waals surface area contributed by atoms with Crippen molar-refractivity contribution in [3.05, 3.63) is 0 Å². The molecule has 0 heterocycles. The van der Waals surface area contributed by atoms with Crippen molar-refractivity contribution < 1.29 is 29.5 Å². The van der Waals surface area contributed by atoms with E-state index >= 15 is 0 Å². The van der Waals surface area contributed by atoms with E-state index in [2.05, 4.69) is 0 Å². The van der Waals surface area contributed by atoms with Crippen LogP contribution in [0.3, 0.4) is 0 Å². The molecule has 0 rings (SSSR count). The predicted octanol–water partition coefficient (Wildman–Crippen LogP) is -3.69. The molecule has 0 saturated heterocycles. The Kier molecular flexibility index (Phi) is 4.10. The zero-order valence-corrected chi connectivity index (χ0v) is 5.44. The molecule has 0 radical (unpaired) electrons. The van der Waals surface area contributed by atoms with Crippen LogP contribution in [0.25, 0.3) is 0 Å². The van der Waals surface area contributed by atoms with Crippen molar-refractivity contribution in [1.82, 2.24) is 0 Å². The summed E-state index contributed by atoms with van der Waals surface area (Å²) in [5.41, 5.74) is 0. The first kappa shape index (κ1) is 9.64. The van der Waals surface area contributed by atoms with Gasteiger partial charge in [-0.1, -0.05) is 0 Å². The Hall–Kier alpha value is 0.402. The van der Waals surface area contributed by atoms with E-state index < -0.39 is 13.6 Å². The van der Waals surface area contributed by atoms with Gasteiger partial charge in [-0.05, 0) is 0 Å². The van der Waals surface area contributed by atoms with Crippen molar-refractivity contribution in [3.63, 3.8) is 0 Å². The molecule has 0 aromatic rings. The van der Waals surface area contributed by atoms with Gasteiger partial charge in [-0.3, -0.25) is 0 Å². The van der Waals surface area contributed by atoms with E-state index in [1.807, 2.05) is 0 Å². The largest absolute Gasteiger partial charge is 0.210 e. The summed E-state index contributed by atoms with van der Waals surface area (Å²) < 4.78 is 34.4. The zero-order chi connectivity index (χ0) is 4.50. The average Bonchev–Trinajstić information content (AvgIpc) is 0.722. The van der Waals surface area contributed by atoms with Gasteiger partial charge in [0, 0.05) is 0 Å². The quantitative estimate of drug-likeness (QED) is 0.358. The van der Waals surface area contributed by atoms with Crippen molar-refractivity contribution in [3.8, 4) is 0 Å². The van der Waals surface area contributed by atoms with Gasteiger partial charge in [0.25, 0.3) is 0 Å². The Balaban J connectivity index is 0. The smallest absolute Gasteiger partial charge is 0.210 e. The Morgan fingerprint density at radius 2 is 1.17 bits per heavy atom. The van der Waals surface area contributed by atoms with E-state index in [-0.39, 0.29) is 13.5 Å². The Bertz CT molecular complexity index is 90.7. The fourth-order valence-corrected chi connectivity index (χ4v) is 0. The summed E-state index contributed by atoms with van der Waals surface area (Å²) in [6, 6.07) is 0. The Morgan fingerprint density at radius 1 is 1.17 bits per heavy atom. The van der Waals surface area contributed by atoms with Crippen LogP contribution in [0.5, 0.6) is 0 Å². The number of hydrogen-bond donors (Lipinski definition) is 0. The molecular formula is H4CrO4S. The summed E-state index contributed by atoms with van der Waals surface area (Å²) >= 11 is -5.75. The third kappa shape index (κ3) is 315. The van der Waals surface area contributed by atoms with Crippen LogP contribution >= 0.6 is 0 Å². The van der Waals surface area contributed by atoms with Gasteiger partial charge in [0.15, 0.2) is 0 Å². The van der Waals surface area contributed by atoms with Crippen LogP contribution in [-0.2, 0) is 34.7 Å². The number of rotatable bonds is 0. The van der Waals surface area contributed by atoms with Crippen molar-refractivity contribution in [2.24, 2.45) is 0 Å².